The van der Waals surface area contributed by atoms with Crippen LogP contribution in [0.2, 0.25) is 10.0 Å². The van der Waals surface area contributed by atoms with Gasteiger partial charge < -0.3 is 10.1 Å². The minimum Gasteiger partial charge on any atom is -0.495 e. The van der Waals surface area contributed by atoms with E-state index >= 15 is 0 Å². The highest BCUT2D eigenvalue weighted by molar-refractivity contribution is 6.36. The highest BCUT2D eigenvalue weighted by Crippen LogP contribution is 2.23. The zero-order valence-corrected chi connectivity index (χ0v) is 15.5. The van der Waals surface area contributed by atoms with Gasteiger partial charge in [-0.1, -0.05) is 41.4 Å². The summed E-state index contributed by atoms with van der Waals surface area (Å²) in [5.74, 6) is -0.134. The fraction of sp³-hybridized carbons (Fsp3) is 0.167. The Balaban J connectivity index is 1.79. The largest absolute Gasteiger partial charge is 0.495 e. The van der Waals surface area contributed by atoms with E-state index in [1.807, 2.05) is 0 Å². The molecule has 0 aliphatic carbocycles. The number of carbonyl (C=O) groups is 2. The topological polar surface area (TPSA) is 79.8 Å². The normalized spacial score (nSPS) is 10.6. The lowest BCUT2D eigenvalue weighted by molar-refractivity contribution is -0.124. The van der Waals surface area contributed by atoms with Crippen LogP contribution in [0.3, 0.4) is 0 Å². The lowest BCUT2D eigenvalue weighted by atomic mass is 10.2. The number of nitrogens with one attached hydrogen (secondary N) is 2. The van der Waals surface area contributed by atoms with Gasteiger partial charge in [0.25, 0.3) is 0 Å². The summed E-state index contributed by atoms with van der Waals surface area (Å²) in [6, 6.07) is 12.0. The van der Waals surface area contributed by atoms with Crippen LogP contribution in [0.4, 0.5) is 5.69 Å². The van der Waals surface area contributed by atoms with E-state index in [2.05, 4.69) is 15.8 Å². The molecule has 0 bridgehead atoms. The van der Waals surface area contributed by atoms with Crippen LogP contribution in [0.1, 0.15) is 18.4 Å². The van der Waals surface area contributed by atoms with Gasteiger partial charge in [0, 0.05) is 23.4 Å². The van der Waals surface area contributed by atoms with Crippen molar-refractivity contribution in [1.82, 2.24) is 5.43 Å². The Morgan fingerprint density at radius 1 is 1.12 bits per heavy atom. The molecular formula is C18H17Cl2N3O3. The number of halogens is 2. The predicted octanol–water partition coefficient (Wildman–Crippen LogP) is 3.87. The molecule has 2 aromatic rings. The van der Waals surface area contributed by atoms with Crippen molar-refractivity contribution in [2.24, 2.45) is 5.10 Å². The van der Waals surface area contributed by atoms with Crippen molar-refractivity contribution in [2.75, 3.05) is 12.4 Å². The van der Waals surface area contributed by atoms with Crippen LogP contribution >= 0.6 is 23.2 Å². The van der Waals surface area contributed by atoms with Crippen molar-refractivity contribution in [2.45, 2.75) is 12.8 Å². The van der Waals surface area contributed by atoms with Crippen LogP contribution < -0.4 is 15.5 Å². The first-order valence-electron chi connectivity index (χ1n) is 7.69. The van der Waals surface area contributed by atoms with Crippen LogP contribution in [0.25, 0.3) is 0 Å². The van der Waals surface area contributed by atoms with Crippen LogP contribution in [-0.4, -0.2) is 25.1 Å². The van der Waals surface area contributed by atoms with Crippen LogP contribution in [-0.2, 0) is 9.59 Å². The Morgan fingerprint density at radius 2 is 1.85 bits per heavy atom. The number of ether oxygens (including phenoxy) is 1. The summed E-state index contributed by atoms with van der Waals surface area (Å²) in [6.07, 6.45) is 1.42. The molecule has 6 nitrogen and oxygen atoms in total. The van der Waals surface area contributed by atoms with Gasteiger partial charge in [0.2, 0.25) is 11.8 Å². The minimum atomic E-state index is -0.387. The van der Waals surface area contributed by atoms with Gasteiger partial charge in [-0.25, -0.2) is 5.43 Å². The van der Waals surface area contributed by atoms with E-state index in [4.69, 9.17) is 27.9 Å². The number of hydrazone groups is 1. The zero-order valence-electron chi connectivity index (χ0n) is 14.0. The molecule has 2 amide bonds. The zero-order chi connectivity index (χ0) is 18.9. The van der Waals surface area contributed by atoms with Gasteiger partial charge in [-0.3, -0.25) is 9.59 Å². The van der Waals surface area contributed by atoms with Gasteiger partial charge in [-0.05, 0) is 24.3 Å². The molecule has 0 atom stereocenters. The summed E-state index contributed by atoms with van der Waals surface area (Å²) < 4.78 is 5.15. The lowest BCUT2D eigenvalue weighted by Gasteiger charge is -2.09. The van der Waals surface area contributed by atoms with E-state index in [0.29, 0.717) is 27.0 Å². The SMILES string of the molecule is COc1ccccc1NC(=O)CCC(=O)N/N=C/c1ccc(Cl)cc1Cl. The molecule has 8 heteroatoms. The summed E-state index contributed by atoms with van der Waals surface area (Å²) in [6.45, 7) is 0. The van der Waals surface area contributed by atoms with E-state index < -0.39 is 0 Å². The number of benzene rings is 2. The molecule has 0 aromatic heterocycles. The fourth-order valence-electron chi connectivity index (χ4n) is 2.02. The number of nitrogens with zero attached hydrogens (tertiary/aromatic N) is 1. The molecule has 0 aliphatic rings. The maximum Gasteiger partial charge on any atom is 0.240 e. The summed E-state index contributed by atoms with van der Waals surface area (Å²) in [4.78, 5) is 23.7. The number of amides is 2. The summed E-state index contributed by atoms with van der Waals surface area (Å²) in [5.41, 5.74) is 3.52. The number of para-hydroxylation sites is 2. The molecule has 136 valence electrons. The monoisotopic (exact) mass is 393 g/mol. The summed E-state index contributed by atoms with van der Waals surface area (Å²) >= 11 is 11.8. The summed E-state index contributed by atoms with van der Waals surface area (Å²) in [7, 11) is 1.52. The molecule has 0 heterocycles. The first kappa shape index (κ1) is 19.8. The van der Waals surface area contributed by atoms with Crippen molar-refractivity contribution in [3.05, 3.63) is 58.1 Å². The molecule has 2 aromatic carbocycles. The van der Waals surface area contributed by atoms with E-state index in [1.54, 1.807) is 42.5 Å². The number of hydrogen-bond acceptors (Lipinski definition) is 4. The maximum atomic E-state index is 11.9. The molecule has 2 N–H and O–H groups in total. The van der Waals surface area contributed by atoms with Gasteiger partial charge in [0.15, 0.2) is 0 Å². The second-order valence-corrected chi connectivity index (χ2v) is 6.05. The Bertz CT molecular complexity index is 825. The summed E-state index contributed by atoms with van der Waals surface area (Å²) in [5, 5.41) is 7.45. The smallest absolute Gasteiger partial charge is 0.240 e. The van der Waals surface area contributed by atoms with Gasteiger partial charge in [-0.2, -0.15) is 5.10 Å². The molecular weight excluding hydrogens is 377 g/mol. The Morgan fingerprint density at radius 3 is 2.58 bits per heavy atom. The average molecular weight is 394 g/mol. The van der Waals surface area contributed by atoms with E-state index in [9.17, 15) is 9.59 Å². The molecule has 0 saturated heterocycles. The maximum absolute atomic E-state index is 11.9. The highest BCUT2D eigenvalue weighted by Gasteiger charge is 2.09. The molecule has 0 unspecified atom stereocenters. The third-order valence-electron chi connectivity index (χ3n) is 3.32. The number of hydrogen-bond donors (Lipinski definition) is 2. The Kier molecular flexibility index (Phi) is 7.44. The third-order valence-corrected chi connectivity index (χ3v) is 3.88. The second kappa shape index (κ2) is 9.79. The van der Waals surface area contributed by atoms with Crippen LogP contribution in [0.5, 0.6) is 5.75 Å². The van der Waals surface area contributed by atoms with E-state index in [-0.39, 0.29) is 24.7 Å². The number of anilines is 1. The Hall–Kier alpha value is -2.57. The van der Waals surface area contributed by atoms with Crippen molar-refractivity contribution in [1.29, 1.82) is 0 Å². The first-order chi connectivity index (χ1) is 12.5. The number of carbonyl (C=O) groups excluding carboxylic acids is 2. The van der Waals surface area contributed by atoms with E-state index in [0.717, 1.165) is 0 Å². The third kappa shape index (κ3) is 6.06. The fourth-order valence-corrected chi connectivity index (χ4v) is 2.48. The van der Waals surface area contributed by atoms with Crippen LogP contribution in [0.15, 0.2) is 47.6 Å². The van der Waals surface area contributed by atoms with Crippen molar-refractivity contribution >= 4 is 46.9 Å². The quantitative estimate of drug-likeness (QED) is 0.553. The second-order valence-electron chi connectivity index (χ2n) is 5.21. The molecule has 2 rings (SSSR count). The molecule has 0 fully saturated rings. The van der Waals surface area contributed by atoms with Crippen molar-refractivity contribution in [3.8, 4) is 5.75 Å². The highest BCUT2D eigenvalue weighted by atomic mass is 35.5. The molecule has 0 radical (unpaired) electrons. The molecule has 0 spiro atoms. The molecule has 26 heavy (non-hydrogen) atoms. The van der Waals surface area contributed by atoms with Crippen molar-refractivity contribution < 1.29 is 14.3 Å². The minimum absolute atomic E-state index is 0.00727. The molecule has 0 aliphatic heterocycles. The van der Waals surface area contributed by atoms with Gasteiger partial charge in [0.1, 0.15) is 5.75 Å². The van der Waals surface area contributed by atoms with Gasteiger partial charge in [0.05, 0.1) is 24.0 Å². The molecule has 0 saturated carbocycles. The van der Waals surface area contributed by atoms with Crippen LogP contribution in [0, 0.1) is 0 Å². The van der Waals surface area contributed by atoms with Crippen molar-refractivity contribution in [3.63, 3.8) is 0 Å². The number of methoxy groups -OCH3 is 1. The van der Waals surface area contributed by atoms with Gasteiger partial charge in [-0.15, -0.1) is 0 Å². The van der Waals surface area contributed by atoms with Gasteiger partial charge >= 0.3 is 0 Å². The lowest BCUT2D eigenvalue weighted by Crippen LogP contribution is -2.20. The average Bonchev–Trinajstić information content (AvgIpc) is 2.62. The van der Waals surface area contributed by atoms with E-state index in [1.165, 1.54) is 13.3 Å². The number of rotatable bonds is 7. The first-order valence-corrected chi connectivity index (χ1v) is 8.45. The standard InChI is InChI=1S/C18H17Cl2N3O3/c1-26-16-5-3-2-4-15(16)22-17(24)8-9-18(25)23-21-11-12-6-7-13(19)10-14(12)20/h2-7,10-11H,8-9H2,1H3,(H,22,24)(H,23,25)/b21-11+. The Labute approximate surface area is 161 Å². The predicted molar refractivity (Wildman–Crippen MR) is 103 cm³/mol.